The van der Waals surface area contributed by atoms with Gasteiger partial charge in [0, 0.05) is 54.5 Å². The number of alkyl halides is 1. The highest BCUT2D eigenvalue weighted by Gasteiger charge is 2.40. The summed E-state index contributed by atoms with van der Waals surface area (Å²) in [6, 6.07) is 4.17. The maximum Gasteiger partial charge on any atom is 0.306 e. The van der Waals surface area contributed by atoms with Crippen LogP contribution in [0.4, 0.5) is 8.78 Å². The molecular formula is C40H51BrF2N4O8. The Labute approximate surface area is 329 Å². The lowest BCUT2D eigenvalue weighted by Gasteiger charge is -2.19. The average molecular weight is 834 g/mol. The second-order valence-corrected chi connectivity index (χ2v) is 16.4. The number of fused-ring (bicyclic) bond motifs is 2. The van der Waals surface area contributed by atoms with Crippen LogP contribution < -0.4 is 4.74 Å². The molecule has 2 saturated carbocycles. The summed E-state index contributed by atoms with van der Waals surface area (Å²) < 4.78 is 41.1. The largest absolute Gasteiger partial charge is 0.506 e. The first-order valence-electron chi connectivity index (χ1n) is 18.4. The fraction of sp³-hybridized carbons (Fsp3) is 0.550. The number of rotatable bonds is 12. The molecule has 0 saturated heterocycles. The molecule has 2 fully saturated rings. The third kappa shape index (κ3) is 13.7. The number of nitrogens with zero attached hydrogens (tertiary/aromatic N) is 4. The van der Waals surface area contributed by atoms with Crippen molar-refractivity contribution in [3.8, 4) is 11.5 Å². The van der Waals surface area contributed by atoms with Crippen LogP contribution in [0.15, 0.2) is 48.3 Å². The van der Waals surface area contributed by atoms with Gasteiger partial charge in [-0.15, -0.1) is 0 Å². The SMILES string of the molecule is CC(C)(C)OC(=O)CC/C(=C/F)CBr.CC(C)(C)OC(=O)CC/C(=C/F)COc1cnc2c(c1)CN(C1CC1)C2=O.O=C1c2ncc(O)cc2CN1C1CC1. The molecule has 0 aromatic carbocycles. The van der Waals surface area contributed by atoms with Crippen LogP contribution in [0.5, 0.6) is 11.5 Å². The van der Waals surface area contributed by atoms with Gasteiger partial charge in [0.05, 0.1) is 25.1 Å². The third-order valence-electron chi connectivity index (χ3n) is 8.52. The van der Waals surface area contributed by atoms with E-state index < -0.39 is 11.2 Å². The fourth-order valence-electron chi connectivity index (χ4n) is 5.63. The molecule has 6 rings (SSSR count). The minimum atomic E-state index is -0.560. The maximum atomic E-state index is 13.1. The van der Waals surface area contributed by atoms with Gasteiger partial charge in [0.15, 0.2) is 0 Å². The molecule has 2 aromatic heterocycles. The Kier molecular flexibility index (Phi) is 14.9. The van der Waals surface area contributed by atoms with Crippen molar-refractivity contribution in [2.45, 2.75) is 129 Å². The molecule has 4 aliphatic rings. The number of amides is 2. The number of carbonyl (C=O) groups excluding carboxylic acids is 4. The van der Waals surface area contributed by atoms with Crippen LogP contribution >= 0.6 is 15.9 Å². The van der Waals surface area contributed by atoms with Crippen molar-refractivity contribution in [1.82, 2.24) is 19.8 Å². The van der Waals surface area contributed by atoms with E-state index in [1.165, 1.54) is 12.4 Å². The third-order valence-corrected chi connectivity index (χ3v) is 9.24. The van der Waals surface area contributed by atoms with Crippen LogP contribution in [0.25, 0.3) is 0 Å². The Bertz CT molecular complexity index is 1780. The number of halogens is 3. The highest BCUT2D eigenvalue weighted by atomic mass is 79.9. The molecule has 2 amide bonds. The average Bonchev–Trinajstić information content (AvgIpc) is 4.05. The molecule has 0 unspecified atom stereocenters. The van der Waals surface area contributed by atoms with Gasteiger partial charge in [-0.1, -0.05) is 15.9 Å². The summed E-state index contributed by atoms with van der Waals surface area (Å²) in [6.45, 7) is 12.0. The Morgan fingerprint density at radius 1 is 0.782 bits per heavy atom. The fourth-order valence-corrected chi connectivity index (χ4v) is 6.03. The summed E-state index contributed by atoms with van der Waals surface area (Å²) in [5.41, 5.74) is 2.56. The topological polar surface area (TPSA) is 148 Å². The molecule has 2 aliphatic carbocycles. The lowest BCUT2D eigenvalue weighted by molar-refractivity contribution is -0.155. The molecule has 0 bridgehead atoms. The molecular weight excluding hydrogens is 782 g/mol. The maximum absolute atomic E-state index is 13.1. The number of pyridine rings is 2. The van der Waals surface area contributed by atoms with Crippen LogP contribution in [-0.2, 0) is 32.2 Å². The van der Waals surface area contributed by atoms with Crippen molar-refractivity contribution in [3.05, 3.63) is 70.8 Å². The molecule has 300 valence electrons. The zero-order chi connectivity index (χ0) is 40.5. The van der Waals surface area contributed by atoms with Gasteiger partial charge in [-0.05, 0) is 103 Å². The summed E-state index contributed by atoms with van der Waals surface area (Å²) in [6.07, 6.45) is 9.03. The number of esters is 2. The molecule has 0 spiro atoms. The molecule has 0 atom stereocenters. The predicted octanol–water partition coefficient (Wildman–Crippen LogP) is 7.82. The molecule has 12 nitrogen and oxygen atoms in total. The molecule has 2 aliphatic heterocycles. The van der Waals surface area contributed by atoms with E-state index in [-0.39, 0.29) is 55.4 Å². The summed E-state index contributed by atoms with van der Waals surface area (Å²) in [7, 11) is 0. The second-order valence-electron chi connectivity index (χ2n) is 15.8. The van der Waals surface area contributed by atoms with Gasteiger partial charge in [0.2, 0.25) is 0 Å². The number of ether oxygens (including phenoxy) is 3. The second kappa shape index (κ2) is 19.0. The quantitative estimate of drug-likeness (QED) is 0.166. The number of carbonyl (C=O) groups is 4. The van der Waals surface area contributed by atoms with E-state index in [0.717, 1.165) is 36.8 Å². The zero-order valence-electron chi connectivity index (χ0n) is 32.3. The van der Waals surface area contributed by atoms with Crippen molar-refractivity contribution < 1.29 is 47.3 Å². The number of hydrogen-bond donors (Lipinski definition) is 1. The number of aromatic hydroxyl groups is 1. The highest BCUT2D eigenvalue weighted by Crippen LogP contribution is 2.36. The van der Waals surface area contributed by atoms with Gasteiger partial charge < -0.3 is 29.1 Å². The highest BCUT2D eigenvalue weighted by molar-refractivity contribution is 9.09. The predicted molar refractivity (Wildman–Crippen MR) is 204 cm³/mol. The molecule has 15 heteroatoms. The van der Waals surface area contributed by atoms with Crippen molar-refractivity contribution in [2.24, 2.45) is 0 Å². The standard InChI is InChI=1S/C20H25FN2O4.C10H16BrFO2.C10H10N2O2/c1-20(2,3)27-17(24)7-4-13(9-21)12-26-16-8-14-11-23(15-5-6-15)19(25)18(14)22-10-16;1-10(2,3)14-9(13)5-4-8(6-11)7-12;13-8-3-6-5-12(7-1-2-7)10(14)9(6)11-4-8/h8-10,15H,4-7,11-12H2,1-3H3;7H,4-6H2,1-3H3;3-4,7,13H,1-2,5H2/b13-9-;8-7-;. The minimum absolute atomic E-state index is 0.0139. The lowest BCUT2D eigenvalue weighted by Crippen LogP contribution is -2.26. The van der Waals surface area contributed by atoms with Crippen LogP contribution in [0.1, 0.15) is 125 Å². The lowest BCUT2D eigenvalue weighted by atomic mass is 10.1. The minimum Gasteiger partial charge on any atom is -0.506 e. The van der Waals surface area contributed by atoms with E-state index in [2.05, 4.69) is 25.9 Å². The Morgan fingerprint density at radius 3 is 1.67 bits per heavy atom. The van der Waals surface area contributed by atoms with Crippen LogP contribution in [-0.4, -0.2) is 83.9 Å². The molecule has 1 N–H and O–H groups in total. The number of hydrogen-bond acceptors (Lipinski definition) is 10. The summed E-state index contributed by atoms with van der Waals surface area (Å²) >= 11 is 3.13. The van der Waals surface area contributed by atoms with Crippen molar-refractivity contribution in [3.63, 3.8) is 0 Å². The van der Waals surface area contributed by atoms with Gasteiger partial charge in [0.1, 0.15) is 40.7 Å². The van der Waals surface area contributed by atoms with Gasteiger partial charge in [-0.2, -0.15) is 0 Å². The van der Waals surface area contributed by atoms with Crippen molar-refractivity contribution >= 4 is 39.7 Å². The zero-order valence-corrected chi connectivity index (χ0v) is 33.9. The first-order chi connectivity index (χ1) is 25.9. The van der Waals surface area contributed by atoms with E-state index in [1.807, 2.05) is 9.80 Å². The van der Waals surface area contributed by atoms with E-state index in [1.54, 1.807) is 53.7 Å². The first-order valence-corrected chi connectivity index (χ1v) is 19.5. The molecule has 4 heterocycles. The molecule has 0 radical (unpaired) electrons. The van der Waals surface area contributed by atoms with E-state index in [9.17, 15) is 33.1 Å². The number of allylic oxidation sites excluding steroid dienone is 1. The van der Waals surface area contributed by atoms with E-state index in [4.69, 9.17) is 14.2 Å². The van der Waals surface area contributed by atoms with Gasteiger partial charge in [-0.25, -0.2) is 18.7 Å². The van der Waals surface area contributed by atoms with Crippen LogP contribution in [0.3, 0.4) is 0 Å². The van der Waals surface area contributed by atoms with Gasteiger partial charge in [0.25, 0.3) is 11.8 Å². The van der Waals surface area contributed by atoms with E-state index in [0.29, 0.717) is 77.9 Å². The Hall–Kier alpha value is -4.40. The normalized spacial score (nSPS) is 16.7. The summed E-state index contributed by atoms with van der Waals surface area (Å²) in [5.74, 6) is -0.0641. The summed E-state index contributed by atoms with van der Waals surface area (Å²) in [4.78, 5) is 58.9. The first kappa shape index (κ1) is 43.3. The Morgan fingerprint density at radius 2 is 1.24 bits per heavy atom. The van der Waals surface area contributed by atoms with Crippen LogP contribution in [0, 0.1) is 0 Å². The van der Waals surface area contributed by atoms with Gasteiger partial charge in [-0.3, -0.25) is 19.2 Å². The molecule has 2 aromatic rings. The summed E-state index contributed by atoms with van der Waals surface area (Å²) in [5, 5.41) is 9.68. The Balaban J connectivity index is 0.000000202. The van der Waals surface area contributed by atoms with Crippen LogP contribution in [0.2, 0.25) is 0 Å². The number of aromatic nitrogens is 2. The van der Waals surface area contributed by atoms with E-state index >= 15 is 0 Å². The molecule has 55 heavy (non-hydrogen) atoms. The van der Waals surface area contributed by atoms with Crippen molar-refractivity contribution in [1.29, 1.82) is 0 Å². The van der Waals surface area contributed by atoms with Crippen molar-refractivity contribution in [2.75, 3.05) is 11.9 Å². The smallest absolute Gasteiger partial charge is 0.306 e. The van der Waals surface area contributed by atoms with Gasteiger partial charge >= 0.3 is 11.9 Å². The monoisotopic (exact) mass is 832 g/mol.